The topological polar surface area (TPSA) is 47.0 Å². The summed E-state index contributed by atoms with van der Waals surface area (Å²) in [4.78, 5) is 8.12. The molecule has 1 aromatic heterocycles. The quantitative estimate of drug-likeness (QED) is 0.770. The summed E-state index contributed by atoms with van der Waals surface area (Å²) >= 11 is 0. The van der Waals surface area contributed by atoms with Crippen LogP contribution in [0.25, 0.3) is 0 Å². The van der Waals surface area contributed by atoms with Gasteiger partial charge in [0.15, 0.2) is 0 Å². The molecule has 0 amide bonds. The van der Waals surface area contributed by atoms with Crippen molar-refractivity contribution < 1.29 is 4.74 Å². The highest BCUT2D eigenvalue weighted by Gasteiger charge is 2.04. The molecule has 86 valence electrons. The van der Waals surface area contributed by atoms with Gasteiger partial charge in [0.1, 0.15) is 12.1 Å². The molecule has 0 aliphatic carbocycles. The summed E-state index contributed by atoms with van der Waals surface area (Å²) in [5.41, 5.74) is 0. The van der Waals surface area contributed by atoms with E-state index >= 15 is 0 Å². The van der Waals surface area contributed by atoms with Crippen LogP contribution in [0.3, 0.4) is 0 Å². The summed E-state index contributed by atoms with van der Waals surface area (Å²) in [5.74, 6) is 3.90. The Bertz CT molecular complexity index is 371. The first-order chi connectivity index (χ1) is 7.61. The molecule has 4 nitrogen and oxygen atoms in total. The van der Waals surface area contributed by atoms with Gasteiger partial charge in [-0.2, -0.15) is 0 Å². The van der Waals surface area contributed by atoms with Crippen molar-refractivity contribution >= 4 is 5.82 Å². The van der Waals surface area contributed by atoms with Crippen LogP contribution in [0.15, 0.2) is 12.4 Å². The van der Waals surface area contributed by atoms with Crippen molar-refractivity contribution in [3.63, 3.8) is 0 Å². The van der Waals surface area contributed by atoms with E-state index in [-0.39, 0.29) is 12.1 Å². The minimum atomic E-state index is 0.103. The normalized spacial score (nSPS) is 11.9. The maximum atomic E-state index is 5.46. The summed E-state index contributed by atoms with van der Waals surface area (Å²) in [5, 5.41) is 3.18. The average Bonchev–Trinajstić information content (AvgIpc) is 2.17. The first-order valence-corrected chi connectivity index (χ1v) is 5.30. The van der Waals surface area contributed by atoms with Crippen molar-refractivity contribution in [3.8, 4) is 18.2 Å². The van der Waals surface area contributed by atoms with E-state index in [2.05, 4.69) is 21.2 Å². The Balaban J connectivity index is 2.64. The summed E-state index contributed by atoms with van der Waals surface area (Å²) in [6.45, 7) is 5.91. The molecule has 0 aromatic carbocycles. The summed E-state index contributed by atoms with van der Waals surface area (Å²) in [6, 6.07) is 1.96. The Morgan fingerprint density at radius 1 is 1.44 bits per heavy atom. The molecule has 1 heterocycles. The molecule has 0 aliphatic rings. The molecule has 4 heteroatoms. The van der Waals surface area contributed by atoms with Crippen LogP contribution in [0.2, 0.25) is 0 Å². The van der Waals surface area contributed by atoms with E-state index in [4.69, 9.17) is 11.2 Å². The Morgan fingerprint density at radius 2 is 2.19 bits per heavy atom. The molecule has 1 aromatic rings. The van der Waals surface area contributed by atoms with Crippen LogP contribution < -0.4 is 10.1 Å². The first-order valence-electron chi connectivity index (χ1n) is 5.30. The molecule has 1 unspecified atom stereocenters. The SMILES string of the molecule is C#CCC(C)Nc1cc(OC(C)C)ncn1. The van der Waals surface area contributed by atoms with Gasteiger partial charge in [0, 0.05) is 18.5 Å². The number of nitrogens with one attached hydrogen (secondary N) is 1. The lowest BCUT2D eigenvalue weighted by Gasteiger charge is -2.13. The van der Waals surface area contributed by atoms with Crippen LogP contribution in [0.4, 0.5) is 5.82 Å². The highest BCUT2D eigenvalue weighted by atomic mass is 16.5. The van der Waals surface area contributed by atoms with Gasteiger partial charge in [-0.3, -0.25) is 0 Å². The molecular weight excluding hydrogens is 202 g/mol. The second kappa shape index (κ2) is 5.96. The molecule has 1 rings (SSSR count). The van der Waals surface area contributed by atoms with Crippen LogP contribution in [-0.4, -0.2) is 22.1 Å². The van der Waals surface area contributed by atoms with Gasteiger partial charge in [-0.15, -0.1) is 12.3 Å². The summed E-state index contributed by atoms with van der Waals surface area (Å²) in [7, 11) is 0. The van der Waals surface area contributed by atoms with Crippen molar-refractivity contribution in [1.29, 1.82) is 0 Å². The number of ether oxygens (including phenoxy) is 1. The van der Waals surface area contributed by atoms with E-state index in [1.165, 1.54) is 6.33 Å². The molecule has 0 fully saturated rings. The van der Waals surface area contributed by atoms with Gasteiger partial charge < -0.3 is 10.1 Å². The fourth-order valence-electron chi connectivity index (χ4n) is 1.20. The lowest BCUT2D eigenvalue weighted by Crippen LogP contribution is -2.15. The predicted molar refractivity (Wildman–Crippen MR) is 64.3 cm³/mol. The number of anilines is 1. The largest absolute Gasteiger partial charge is 0.475 e. The first kappa shape index (κ1) is 12.3. The van der Waals surface area contributed by atoms with Gasteiger partial charge >= 0.3 is 0 Å². The third-order valence-electron chi connectivity index (χ3n) is 1.82. The second-order valence-electron chi connectivity index (χ2n) is 3.86. The number of hydrogen-bond acceptors (Lipinski definition) is 4. The van der Waals surface area contributed by atoms with Crippen LogP contribution in [-0.2, 0) is 0 Å². The summed E-state index contributed by atoms with van der Waals surface area (Å²) < 4.78 is 5.46. The van der Waals surface area contributed by atoms with Crippen LogP contribution in [0.5, 0.6) is 5.88 Å². The lowest BCUT2D eigenvalue weighted by molar-refractivity contribution is 0.232. The molecule has 0 saturated carbocycles. The molecule has 16 heavy (non-hydrogen) atoms. The minimum Gasteiger partial charge on any atom is -0.475 e. The van der Waals surface area contributed by atoms with Crippen molar-refractivity contribution in [1.82, 2.24) is 9.97 Å². The minimum absolute atomic E-state index is 0.103. The third-order valence-corrected chi connectivity index (χ3v) is 1.82. The van der Waals surface area contributed by atoms with Crippen molar-refractivity contribution in [2.24, 2.45) is 0 Å². The maximum absolute atomic E-state index is 5.46. The Labute approximate surface area is 96.5 Å². The zero-order valence-corrected chi connectivity index (χ0v) is 9.90. The zero-order valence-electron chi connectivity index (χ0n) is 9.90. The number of hydrogen-bond donors (Lipinski definition) is 1. The fourth-order valence-corrected chi connectivity index (χ4v) is 1.20. The van der Waals surface area contributed by atoms with Crippen LogP contribution in [0, 0.1) is 12.3 Å². The van der Waals surface area contributed by atoms with Gasteiger partial charge in [-0.1, -0.05) is 0 Å². The Hall–Kier alpha value is -1.76. The Morgan fingerprint density at radius 3 is 2.81 bits per heavy atom. The highest BCUT2D eigenvalue weighted by molar-refractivity contribution is 5.38. The summed E-state index contributed by atoms with van der Waals surface area (Å²) in [6.07, 6.45) is 7.47. The van der Waals surface area contributed by atoms with Gasteiger partial charge in [-0.05, 0) is 20.8 Å². The van der Waals surface area contributed by atoms with Crippen molar-refractivity contribution in [3.05, 3.63) is 12.4 Å². The fraction of sp³-hybridized carbons (Fsp3) is 0.500. The van der Waals surface area contributed by atoms with E-state index in [9.17, 15) is 0 Å². The molecule has 1 atom stereocenters. The third kappa shape index (κ3) is 4.18. The lowest BCUT2D eigenvalue weighted by atomic mass is 10.2. The van der Waals surface area contributed by atoms with Gasteiger partial charge in [0.2, 0.25) is 5.88 Å². The number of aromatic nitrogens is 2. The zero-order chi connectivity index (χ0) is 12.0. The highest BCUT2D eigenvalue weighted by Crippen LogP contribution is 2.13. The number of rotatable bonds is 5. The van der Waals surface area contributed by atoms with Gasteiger partial charge in [0.05, 0.1) is 6.10 Å². The molecule has 0 radical (unpaired) electrons. The van der Waals surface area contributed by atoms with E-state index in [0.717, 1.165) is 5.82 Å². The van der Waals surface area contributed by atoms with E-state index in [0.29, 0.717) is 12.3 Å². The molecule has 0 aliphatic heterocycles. The predicted octanol–water partition coefficient (Wildman–Crippen LogP) is 2.09. The monoisotopic (exact) mass is 219 g/mol. The Kier molecular flexibility index (Phi) is 4.59. The maximum Gasteiger partial charge on any atom is 0.218 e. The van der Waals surface area contributed by atoms with Crippen molar-refractivity contribution in [2.45, 2.75) is 39.3 Å². The smallest absolute Gasteiger partial charge is 0.218 e. The van der Waals surface area contributed by atoms with E-state index < -0.39 is 0 Å². The molecule has 0 spiro atoms. The molecule has 1 N–H and O–H groups in total. The average molecular weight is 219 g/mol. The number of terminal acetylenes is 1. The van der Waals surface area contributed by atoms with Gasteiger partial charge in [0.25, 0.3) is 0 Å². The standard InChI is InChI=1S/C12H17N3O/c1-5-6-10(4)15-11-7-12(14-8-13-11)16-9(2)3/h1,7-10H,6H2,2-4H3,(H,13,14,15). The molecular formula is C12H17N3O. The van der Waals surface area contributed by atoms with Crippen molar-refractivity contribution in [2.75, 3.05) is 5.32 Å². The van der Waals surface area contributed by atoms with Crippen LogP contribution >= 0.6 is 0 Å². The van der Waals surface area contributed by atoms with Crippen LogP contribution in [0.1, 0.15) is 27.2 Å². The van der Waals surface area contributed by atoms with Gasteiger partial charge in [-0.25, -0.2) is 9.97 Å². The second-order valence-corrected chi connectivity index (χ2v) is 3.86. The number of nitrogens with zero attached hydrogens (tertiary/aromatic N) is 2. The molecule has 0 saturated heterocycles. The van der Waals surface area contributed by atoms with E-state index in [1.807, 2.05) is 20.8 Å². The molecule has 0 bridgehead atoms. The van der Waals surface area contributed by atoms with E-state index in [1.54, 1.807) is 6.07 Å².